The molecule has 1 aromatic rings. The van der Waals surface area contributed by atoms with Gasteiger partial charge in [-0.3, -0.25) is 0 Å². The summed E-state index contributed by atoms with van der Waals surface area (Å²) in [5, 5.41) is 10.2. The Kier molecular flexibility index (Phi) is 3.53. The molecule has 1 unspecified atom stereocenters. The fraction of sp³-hybridized carbons (Fsp3) is 0.455. The standard InChI is InChI=1S/C11H15NO.ClH/c12-8-11(13)7-3-5-9-4-1-2-6-10(9)11;/h1-2,4,6,13H,3,5,7-8,12H2;1H. The van der Waals surface area contributed by atoms with Crippen LogP contribution in [0.25, 0.3) is 0 Å². The third kappa shape index (κ3) is 1.78. The van der Waals surface area contributed by atoms with Crippen molar-refractivity contribution in [3.05, 3.63) is 35.4 Å². The van der Waals surface area contributed by atoms with E-state index in [0.29, 0.717) is 6.54 Å². The summed E-state index contributed by atoms with van der Waals surface area (Å²) in [5.41, 5.74) is 7.12. The monoisotopic (exact) mass is 213 g/mol. The predicted octanol–water partition coefficient (Wildman–Crippen LogP) is 1.59. The Morgan fingerprint density at radius 3 is 2.79 bits per heavy atom. The number of aryl methyl sites for hydroxylation is 1. The van der Waals surface area contributed by atoms with E-state index in [1.165, 1.54) is 5.56 Å². The smallest absolute Gasteiger partial charge is 0.102 e. The fourth-order valence-corrected chi connectivity index (χ4v) is 2.11. The molecule has 0 fully saturated rings. The second kappa shape index (κ2) is 4.30. The first-order chi connectivity index (χ1) is 6.26. The lowest BCUT2D eigenvalue weighted by molar-refractivity contribution is 0.0280. The van der Waals surface area contributed by atoms with Gasteiger partial charge in [-0.25, -0.2) is 0 Å². The predicted molar refractivity (Wildman–Crippen MR) is 59.6 cm³/mol. The molecule has 0 saturated carbocycles. The molecule has 0 spiro atoms. The highest BCUT2D eigenvalue weighted by Crippen LogP contribution is 2.33. The Labute approximate surface area is 90.5 Å². The van der Waals surface area contributed by atoms with Crippen LogP contribution in [-0.4, -0.2) is 11.7 Å². The number of nitrogens with two attached hydrogens (primary N) is 1. The minimum Gasteiger partial charge on any atom is -0.384 e. The van der Waals surface area contributed by atoms with Crippen LogP contribution in [0.4, 0.5) is 0 Å². The van der Waals surface area contributed by atoms with Crippen LogP contribution in [0.3, 0.4) is 0 Å². The molecule has 1 atom stereocenters. The van der Waals surface area contributed by atoms with Crippen molar-refractivity contribution in [2.24, 2.45) is 5.73 Å². The molecule has 14 heavy (non-hydrogen) atoms. The first kappa shape index (κ1) is 11.5. The van der Waals surface area contributed by atoms with Gasteiger partial charge in [-0.05, 0) is 30.4 Å². The molecule has 1 aromatic carbocycles. The molecule has 0 aliphatic heterocycles. The Hall–Kier alpha value is -0.570. The zero-order chi connectivity index (χ0) is 9.31. The zero-order valence-electron chi connectivity index (χ0n) is 8.07. The molecule has 0 amide bonds. The molecule has 3 N–H and O–H groups in total. The van der Waals surface area contributed by atoms with Crippen LogP contribution in [0.1, 0.15) is 24.0 Å². The average molecular weight is 214 g/mol. The van der Waals surface area contributed by atoms with E-state index < -0.39 is 5.60 Å². The molecule has 0 saturated heterocycles. The summed E-state index contributed by atoms with van der Waals surface area (Å²) < 4.78 is 0. The number of hydrogen-bond donors (Lipinski definition) is 2. The number of fused-ring (bicyclic) bond motifs is 1. The second-order valence-electron chi connectivity index (χ2n) is 3.75. The van der Waals surface area contributed by atoms with Gasteiger partial charge in [0.2, 0.25) is 0 Å². The molecular weight excluding hydrogens is 198 g/mol. The van der Waals surface area contributed by atoms with E-state index in [9.17, 15) is 5.11 Å². The second-order valence-corrected chi connectivity index (χ2v) is 3.75. The normalized spacial score (nSPS) is 25.0. The van der Waals surface area contributed by atoms with Crippen LogP contribution in [0.5, 0.6) is 0 Å². The third-order valence-electron chi connectivity index (χ3n) is 2.89. The lowest BCUT2D eigenvalue weighted by Crippen LogP contribution is -2.38. The molecule has 1 aliphatic carbocycles. The average Bonchev–Trinajstić information content (AvgIpc) is 2.19. The number of hydrogen-bond acceptors (Lipinski definition) is 2. The van der Waals surface area contributed by atoms with Crippen LogP contribution in [0.15, 0.2) is 24.3 Å². The molecule has 78 valence electrons. The maximum Gasteiger partial charge on any atom is 0.102 e. The molecular formula is C11H16ClNO. The van der Waals surface area contributed by atoms with Crippen molar-refractivity contribution in [1.82, 2.24) is 0 Å². The summed E-state index contributed by atoms with van der Waals surface area (Å²) in [6, 6.07) is 8.04. The molecule has 2 rings (SSSR count). The first-order valence-electron chi connectivity index (χ1n) is 4.77. The van der Waals surface area contributed by atoms with E-state index in [-0.39, 0.29) is 12.4 Å². The molecule has 3 heteroatoms. The molecule has 0 bridgehead atoms. The summed E-state index contributed by atoms with van der Waals surface area (Å²) in [5.74, 6) is 0. The molecule has 0 radical (unpaired) electrons. The van der Waals surface area contributed by atoms with Gasteiger partial charge >= 0.3 is 0 Å². The maximum absolute atomic E-state index is 10.2. The van der Waals surface area contributed by atoms with Crippen LogP contribution in [-0.2, 0) is 12.0 Å². The van der Waals surface area contributed by atoms with Gasteiger partial charge in [-0.15, -0.1) is 12.4 Å². The van der Waals surface area contributed by atoms with Gasteiger partial charge in [0.25, 0.3) is 0 Å². The molecule has 2 nitrogen and oxygen atoms in total. The summed E-state index contributed by atoms with van der Waals surface area (Å²) in [6.45, 7) is 0.323. The highest BCUT2D eigenvalue weighted by molar-refractivity contribution is 5.85. The minimum absolute atomic E-state index is 0. The summed E-state index contributed by atoms with van der Waals surface area (Å²) >= 11 is 0. The number of benzene rings is 1. The SMILES string of the molecule is Cl.NCC1(O)CCCc2ccccc21. The van der Waals surface area contributed by atoms with Crippen molar-refractivity contribution in [1.29, 1.82) is 0 Å². The van der Waals surface area contributed by atoms with Gasteiger partial charge in [-0.2, -0.15) is 0 Å². The Balaban J connectivity index is 0.000000980. The largest absolute Gasteiger partial charge is 0.384 e. The fourth-order valence-electron chi connectivity index (χ4n) is 2.11. The maximum atomic E-state index is 10.2. The zero-order valence-corrected chi connectivity index (χ0v) is 8.89. The van der Waals surface area contributed by atoms with Crippen LogP contribution < -0.4 is 5.73 Å². The minimum atomic E-state index is -0.769. The van der Waals surface area contributed by atoms with E-state index in [2.05, 4.69) is 6.07 Å². The Bertz CT molecular complexity index is 316. The van der Waals surface area contributed by atoms with Gasteiger partial charge in [0.1, 0.15) is 5.60 Å². The van der Waals surface area contributed by atoms with E-state index in [1.54, 1.807) is 0 Å². The van der Waals surface area contributed by atoms with Crippen molar-refractivity contribution < 1.29 is 5.11 Å². The van der Waals surface area contributed by atoms with Gasteiger partial charge in [0.05, 0.1) is 0 Å². The van der Waals surface area contributed by atoms with Crippen LogP contribution in [0, 0.1) is 0 Å². The third-order valence-corrected chi connectivity index (χ3v) is 2.89. The number of rotatable bonds is 1. The van der Waals surface area contributed by atoms with Crippen molar-refractivity contribution in [3.63, 3.8) is 0 Å². The molecule has 0 heterocycles. The quantitative estimate of drug-likeness (QED) is 0.745. The van der Waals surface area contributed by atoms with E-state index >= 15 is 0 Å². The van der Waals surface area contributed by atoms with Crippen LogP contribution in [0.2, 0.25) is 0 Å². The van der Waals surface area contributed by atoms with Gasteiger partial charge in [-0.1, -0.05) is 24.3 Å². The summed E-state index contributed by atoms with van der Waals surface area (Å²) in [7, 11) is 0. The van der Waals surface area contributed by atoms with Crippen molar-refractivity contribution in [3.8, 4) is 0 Å². The lowest BCUT2D eigenvalue weighted by Gasteiger charge is -2.33. The topological polar surface area (TPSA) is 46.2 Å². The van der Waals surface area contributed by atoms with E-state index in [1.807, 2.05) is 18.2 Å². The Morgan fingerprint density at radius 1 is 1.36 bits per heavy atom. The van der Waals surface area contributed by atoms with E-state index in [0.717, 1.165) is 24.8 Å². The molecule has 0 aromatic heterocycles. The highest BCUT2D eigenvalue weighted by atomic mass is 35.5. The summed E-state index contributed by atoms with van der Waals surface area (Å²) in [4.78, 5) is 0. The lowest BCUT2D eigenvalue weighted by atomic mass is 9.79. The molecule has 1 aliphatic rings. The van der Waals surface area contributed by atoms with Crippen LogP contribution >= 0.6 is 12.4 Å². The first-order valence-corrected chi connectivity index (χ1v) is 4.77. The summed E-state index contributed by atoms with van der Waals surface area (Å²) in [6.07, 6.45) is 2.89. The van der Waals surface area contributed by atoms with Crippen molar-refractivity contribution in [2.75, 3.05) is 6.54 Å². The van der Waals surface area contributed by atoms with Gasteiger partial charge in [0, 0.05) is 6.54 Å². The Morgan fingerprint density at radius 2 is 2.07 bits per heavy atom. The van der Waals surface area contributed by atoms with Crippen molar-refractivity contribution >= 4 is 12.4 Å². The van der Waals surface area contributed by atoms with Gasteiger partial charge < -0.3 is 10.8 Å². The highest BCUT2D eigenvalue weighted by Gasteiger charge is 2.32. The van der Waals surface area contributed by atoms with E-state index in [4.69, 9.17) is 5.73 Å². The number of aliphatic hydroxyl groups is 1. The van der Waals surface area contributed by atoms with Gasteiger partial charge in [0.15, 0.2) is 0 Å². The number of halogens is 1. The van der Waals surface area contributed by atoms with Crippen molar-refractivity contribution in [2.45, 2.75) is 24.9 Å².